The van der Waals surface area contributed by atoms with E-state index in [1.807, 2.05) is 0 Å². The smallest absolute Gasteiger partial charge is 0.332 e. The molecule has 0 radical (unpaired) electrons. The van der Waals surface area contributed by atoms with Crippen LogP contribution in [0.15, 0.2) is 20.4 Å². The zero-order valence-electron chi connectivity index (χ0n) is 14.7. The van der Waals surface area contributed by atoms with Gasteiger partial charge in [-0.3, -0.25) is 13.9 Å². The number of hydrogen-bond acceptors (Lipinski definition) is 7. The van der Waals surface area contributed by atoms with E-state index in [1.165, 1.54) is 17.9 Å². The maximum atomic E-state index is 12.4. The standard InChI is InChI=1S/C15H21N7O3/c1-9(2)16-6-5-11-18-10(19-25-11)7-22-8-17-13-12(22)14(23)21(4)15(24)20(13)3/h8-9,16H,5-7H2,1-4H3. The van der Waals surface area contributed by atoms with Gasteiger partial charge in [0.2, 0.25) is 5.89 Å². The summed E-state index contributed by atoms with van der Waals surface area (Å²) in [4.78, 5) is 32.9. The van der Waals surface area contributed by atoms with Crippen molar-refractivity contribution in [1.82, 2.24) is 34.1 Å². The van der Waals surface area contributed by atoms with Gasteiger partial charge in [0, 0.05) is 33.1 Å². The van der Waals surface area contributed by atoms with E-state index in [9.17, 15) is 9.59 Å². The Kier molecular flexibility index (Phi) is 4.53. The van der Waals surface area contributed by atoms with Gasteiger partial charge in [0.25, 0.3) is 5.56 Å². The van der Waals surface area contributed by atoms with E-state index in [0.717, 1.165) is 11.1 Å². The average Bonchev–Trinajstić information content (AvgIpc) is 3.18. The first-order valence-electron chi connectivity index (χ1n) is 8.04. The second-order valence-electron chi connectivity index (χ2n) is 6.21. The quantitative estimate of drug-likeness (QED) is 0.634. The summed E-state index contributed by atoms with van der Waals surface area (Å²) in [5.41, 5.74) is -0.155. The van der Waals surface area contributed by atoms with Crippen LogP contribution in [0.2, 0.25) is 0 Å². The summed E-state index contributed by atoms with van der Waals surface area (Å²) in [7, 11) is 3.02. The van der Waals surface area contributed by atoms with Crippen molar-refractivity contribution in [3.8, 4) is 0 Å². The topological polar surface area (TPSA) is 113 Å². The summed E-state index contributed by atoms with van der Waals surface area (Å²) in [6.45, 7) is 5.12. The number of hydrogen-bond donors (Lipinski definition) is 1. The Morgan fingerprint density at radius 3 is 2.72 bits per heavy atom. The van der Waals surface area contributed by atoms with Gasteiger partial charge in [-0.1, -0.05) is 19.0 Å². The average molecular weight is 347 g/mol. The van der Waals surface area contributed by atoms with Crippen molar-refractivity contribution in [1.29, 1.82) is 0 Å². The number of aromatic nitrogens is 6. The predicted octanol–water partition coefficient (Wildman–Crippen LogP) is -0.594. The van der Waals surface area contributed by atoms with Crippen molar-refractivity contribution in [2.24, 2.45) is 14.1 Å². The van der Waals surface area contributed by atoms with E-state index in [2.05, 4.69) is 34.3 Å². The minimum absolute atomic E-state index is 0.241. The Labute approximate surface area is 143 Å². The Balaban J connectivity index is 1.86. The second-order valence-corrected chi connectivity index (χ2v) is 6.21. The molecule has 3 aromatic heterocycles. The molecule has 10 heteroatoms. The molecule has 0 bridgehead atoms. The van der Waals surface area contributed by atoms with Crippen molar-refractivity contribution in [2.45, 2.75) is 32.9 Å². The summed E-state index contributed by atoms with van der Waals surface area (Å²) >= 11 is 0. The molecule has 1 N–H and O–H groups in total. The fourth-order valence-corrected chi connectivity index (χ4v) is 2.59. The lowest BCUT2D eigenvalue weighted by molar-refractivity contribution is 0.368. The zero-order valence-corrected chi connectivity index (χ0v) is 14.7. The third-order valence-corrected chi connectivity index (χ3v) is 3.93. The van der Waals surface area contributed by atoms with E-state index in [0.29, 0.717) is 35.3 Å². The van der Waals surface area contributed by atoms with Gasteiger partial charge in [-0.15, -0.1) is 0 Å². The monoisotopic (exact) mass is 347 g/mol. The molecule has 0 atom stereocenters. The van der Waals surface area contributed by atoms with Crippen LogP contribution in [0.4, 0.5) is 0 Å². The van der Waals surface area contributed by atoms with Crippen molar-refractivity contribution in [3.63, 3.8) is 0 Å². The lowest BCUT2D eigenvalue weighted by Gasteiger charge is -2.05. The SMILES string of the molecule is CC(C)NCCc1nc(Cn2cnc3c2c(=O)n(C)c(=O)n3C)no1. The molecule has 0 aliphatic heterocycles. The van der Waals surface area contributed by atoms with Gasteiger partial charge < -0.3 is 14.4 Å². The maximum absolute atomic E-state index is 12.4. The van der Waals surface area contributed by atoms with Crippen LogP contribution in [-0.2, 0) is 27.1 Å². The van der Waals surface area contributed by atoms with Crippen LogP contribution in [0.5, 0.6) is 0 Å². The molecule has 25 heavy (non-hydrogen) atoms. The Morgan fingerprint density at radius 1 is 1.24 bits per heavy atom. The summed E-state index contributed by atoms with van der Waals surface area (Å²) < 4.78 is 9.25. The lowest BCUT2D eigenvalue weighted by atomic mass is 10.3. The Bertz CT molecular complexity index is 1010. The molecule has 0 unspecified atom stereocenters. The maximum Gasteiger partial charge on any atom is 0.332 e. The van der Waals surface area contributed by atoms with Crippen LogP contribution in [0, 0.1) is 0 Å². The second kappa shape index (κ2) is 6.63. The zero-order chi connectivity index (χ0) is 18.1. The van der Waals surface area contributed by atoms with Gasteiger partial charge in [0.15, 0.2) is 17.0 Å². The molecule has 0 aliphatic rings. The van der Waals surface area contributed by atoms with Gasteiger partial charge in [-0.05, 0) is 0 Å². The van der Waals surface area contributed by atoms with Crippen LogP contribution in [0.25, 0.3) is 11.2 Å². The molecular formula is C15H21N7O3. The molecule has 3 rings (SSSR count). The first-order chi connectivity index (χ1) is 11.9. The fourth-order valence-electron chi connectivity index (χ4n) is 2.59. The van der Waals surface area contributed by atoms with E-state index in [1.54, 1.807) is 11.6 Å². The fraction of sp³-hybridized carbons (Fsp3) is 0.533. The summed E-state index contributed by atoms with van der Waals surface area (Å²) in [5.74, 6) is 0.989. The molecule has 3 heterocycles. The van der Waals surface area contributed by atoms with Crippen molar-refractivity contribution in [2.75, 3.05) is 6.54 Å². The van der Waals surface area contributed by atoms with Crippen LogP contribution in [0.3, 0.4) is 0 Å². The Hall–Kier alpha value is -2.75. The molecule has 0 aromatic carbocycles. The largest absolute Gasteiger partial charge is 0.339 e. The molecule has 10 nitrogen and oxygen atoms in total. The number of rotatable bonds is 6. The molecule has 0 amide bonds. The molecule has 0 fully saturated rings. The van der Waals surface area contributed by atoms with Gasteiger partial charge in [0.05, 0.1) is 12.9 Å². The molecular weight excluding hydrogens is 326 g/mol. The highest BCUT2D eigenvalue weighted by molar-refractivity contribution is 5.70. The first kappa shape index (κ1) is 17.1. The minimum Gasteiger partial charge on any atom is -0.339 e. The number of nitrogens with zero attached hydrogens (tertiary/aromatic N) is 6. The third kappa shape index (κ3) is 3.25. The minimum atomic E-state index is -0.415. The third-order valence-electron chi connectivity index (χ3n) is 3.93. The highest BCUT2D eigenvalue weighted by atomic mass is 16.5. The number of fused-ring (bicyclic) bond motifs is 1. The van der Waals surface area contributed by atoms with Crippen molar-refractivity contribution >= 4 is 11.2 Å². The molecule has 0 saturated heterocycles. The van der Waals surface area contributed by atoms with E-state index in [-0.39, 0.29) is 6.54 Å². The normalized spacial score (nSPS) is 11.7. The molecule has 0 aliphatic carbocycles. The summed E-state index contributed by atoms with van der Waals surface area (Å²) in [6.07, 6.45) is 2.13. The molecule has 0 saturated carbocycles. The number of nitrogens with one attached hydrogen (secondary N) is 1. The van der Waals surface area contributed by atoms with Crippen LogP contribution in [0.1, 0.15) is 25.6 Å². The Morgan fingerprint density at radius 2 is 2.00 bits per heavy atom. The number of imidazole rings is 1. The van der Waals surface area contributed by atoms with E-state index >= 15 is 0 Å². The van der Waals surface area contributed by atoms with E-state index in [4.69, 9.17) is 4.52 Å². The van der Waals surface area contributed by atoms with E-state index < -0.39 is 11.2 Å². The van der Waals surface area contributed by atoms with Gasteiger partial charge in [-0.25, -0.2) is 9.78 Å². The van der Waals surface area contributed by atoms with Gasteiger partial charge in [-0.2, -0.15) is 4.98 Å². The lowest BCUT2D eigenvalue weighted by Crippen LogP contribution is -2.37. The van der Waals surface area contributed by atoms with Gasteiger partial charge >= 0.3 is 5.69 Å². The predicted molar refractivity (Wildman–Crippen MR) is 90.5 cm³/mol. The molecule has 0 spiro atoms. The van der Waals surface area contributed by atoms with Crippen molar-refractivity contribution in [3.05, 3.63) is 38.9 Å². The van der Waals surface area contributed by atoms with Crippen LogP contribution < -0.4 is 16.6 Å². The van der Waals surface area contributed by atoms with Crippen LogP contribution in [-0.4, -0.2) is 41.4 Å². The molecule has 134 valence electrons. The van der Waals surface area contributed by atoms with Crippen LogP contribution >= 0.6 is 0 Å². The van der Waals surface area contributed by atoms with Gasteiger partial charge in [0.1, 0.15) is 0 Å². The highest BCUT2D eigenvalue weighted by Gasteiger charge is 2.16. The first-order valence-corrected chi connectivity index (χ1v) is 8.04. The van der Waals surface area contributed by atoms with Crippen molar-refractivity contribution < 1.29 is 4.52 Å². The highest BCUT2D eigenvalue weighted by Crippen LogP contribution is 2.08. The summed E-state index contributed by atoms with van der Waals surface area (Å²) in [5, 5.41) is 7.23. The summed E-state index contributed by atoms with van der Waals surface area (Å²) in [6, 6.07) is 0.391. The molecule has 3 aromatic rings. The number of aryl methyl sites for hydroxylation is 1.